The van der Waals surface area contributed by atoms with Crippen LogP contribution in [0, 0.1) is 0 Å². The third kappa shape index (κ3) is 3.52. The molecule has 6 heteroatoms. The maximum Gasteiger partial charge on any atom is 0.325 e. The average Bonchev–Trinajstić information content (AvgIpc) is 3.18. The van der Waals surface area contributed by atoms with Crippen molar-refractivity contribution in [2.24, 2.45) is 0 Å². The number of likely N-dealkylation sites (tertiary alicyclic amines) is 1. The summed E-state index contributed by atoms with van der Waals surface area (Å²) in [6.45, 7) is 1.88. The molecule has 2 heterocycles. The summed E-state index contributed by atoms with van der Waals surface area (Å²) in [5, 5.41) is 2.69. The minimum absolute atomic E-state index is 0.0751. The summed E-state index contributed by atoms with van der Waals surface area (Å²) < 4.78 is 0. The van der Waals surface area contributed by atoms with Crippen LogP contribution in [0.4, 0.5) is 4.79 Å². The minimum Gasteiger partial charge on any atom is -0.343 e. The molecule has 1 unspecified atom stereocenters. The van der Waals surface area contributed by atoms with Gasteiger partial charge in [-0.1, -0.05) is 30.3 Å². The van der Waals surface area contributed by atoms with Gasteiger partial charge in [0.2, 0.25) is 5.91 Å². The van der Waals surface area contributed by atoms with E-state index in [-0.39, 0.29) is 24.4 Å². The monoisotopic (exact) mass is 315 g/mol. The Labute approximate surface area is 135 Å². The largest absolute Gasteiger partial charge is 0.343 e. The normalized spacial score (nSPS) is 21.0. The molecule has 122 valence electrons. The summed E-state index contributed by atoms with van der Waals surface area (Å²) in [5.41, 5.74) is 0.907. The van der Waals surface area contributed by atoms with Crippen LogP contribution in [0.3, 0.4) is 0 Å². The van der Waals surface area contributed by atoms with Gasteiger partial charge in [0.15, 0.2) is 0 Å². The zero-order chi connectivity index (χ0) is 16.2. The Bertz CT molecular complexity index is 596. The van der Waals surface area contributed by atoms with E-state index in [1.165, 1.54) is 4.90 Å². The second-order valence-corrected chi connectivity index (χ2v) is 6.04. The van der Waals surface area contributed by atoms with Crippen molar-refractivity contribution in [3.8, 4) is 0 Å². The van der Waals surface area contributed by atoms with Gasteiger partial charge in [0.1, 0.15) is 6.04 Å². The Morgan fingerprint density at radius 1 is 1.13 bits per heavy atom. The minimum atomic E-state index is -0.585. The van der Waals surface area contributed by atoms with Crippen LogP contribution in [0.5, 0.6) is 0 Å². The van der Waals surface area contributed by atoms with Crippen LogP contribution in [0.2, 0.25) is 0 Å². The van der Waals surface area contributed by atoms with Crippen molar-refractivity contribution in [1.29, 1.82) is 0 Å². The van der Waals surface area contributed by atoms with E-state index in [1.807, 2.05) is 35.2 Å². The van der Waals surface area contributed by atoms with E-state index in [1.54, 1.807) is 0 Å². The number of imide groups is 1. The molecule has 3 rings (SSSR count). The third-order valence-corrected chi connectivity index (χ3v) is 4.40. The fraction of sp³-hybridized carbons (Fsp3) is 0.471. The lowest BCUT2D eigenvalue weighted by Crippen LogP contribution is -2.33. The molecular formula is C17H21N3O3. The molecule has 0 spiro atoms. The maximum absolute atomic E-state index is 12.4. The molecule has 1 aromatic rings. The molecular weight excluding hydrogens is 294 g/mol. The summed E-state index contributed by atoms with van der Waals surface area (Å²) >= 11 is 0. The molecule has 1 atom stereocenters. The van der Waals surface area contributed by atoms with Crippen LogP contribution in [-0.4, -0.2) is 46.8 Å². The maximum atomic E-state index is 12.4. The quantitative estimate of drug-likeness (QED) is 0.837. The van der Waals surface area contributed by atoms with Crippen molar-refractivity contribution in [3.05, 3.63) is 35.9 Å². The molecule has 0 bridgehead atoms. The van der Waals surface area contributed by atoms with Gasteiger partial charge in [-0.15, -0.1) is 0 Å². The number of nitrogens with one attached hydrogen (secondary N) is 1. The molecule has 2 saturated heterocycles. The summed E-state index contributed by atoms with van der Waals surface area (Å²) in [5.74, 6) is -0.167. The molecule has 0 aliphatic carbocycles. The molecule has 1 aromatic carbocycles. The van der Waals surface area contributed by atoms with Crippen molar-refractivity contribution in [1.82, 2.24) is 15.1 Å². The lowest BCUT2D eigenvalue weighted by atomic mass is 10.1. The average molecular weight is 315 g/mol. The fourth-order valence-electron chi connectivity index (χ4n) is 3.08. The van der Waals surface area contributed by atoms with Gasteiger partial charge in [-0.2, -0.15) is 0 Å². The van der Waals surface area contributed by atoms with Gasteiger partial charge in [-0.3, -0.25) is 14.5 Å². The standard InChI is InChI=1S/C17H21N3O3/c21-15(19-10-4-5-11-19)9-8-14-16(22)20(17(23)18-14)12-13-6-2-1-3-7-13/h1-3,6-7,14H,4-5,8-12H2,(H,18,23). The Balaban J connectivity index is 1.54. The fourth-order valence-corrected chi connectivity index (χ4v) is 3.08. The van der Waals surface area contributed by atoms with E-state index in [0.29, 0.717) is 12.8 Å². The molecule has 2 aliphatic heterocycles. The number of benzene rings is 1. The SMILES string of the molecule is O=C(CCC1NC(=O)N(Cc2ccccc2)C1=O)N1CCCC1. The van der Waals surface area contributed by atoms with Crippen molar-refractivity contribution in [2.75, 3.05) is 13.1 Å². The first-order valence-corrected chi connectivity index (χ1v) is 8.09. The number of rotatable bonds is 5. The highest BCUT2D eigenvalue weighted by atomic mass is 16.2. The molecule has 4 amide bonds. The van der Waals surface area contributed by atoms with Gasteiger partial charge in [-0.05, 0) is 24.8 Å². The van der Waals surface area contributed by atoms with E-state index in [0.717, 1.165) is 31.5 Å². The first kappa shape index (κ1) is 15.5. The molecule has 2 aliphatic rings. The summed E-state index contributed by atoms with van der Waals surface area (Å²) in [6.07, 6.45) is 2.77. The second-order valence-electron chi connectivity index (χ2n) is 6.04. The van der Waals surface area contributed by atoms with Crippen LogP contribution in [0.25, 0.3) is 0 Å². The smallest absolute Gasteiger partial charge is 0.325 e. The van der Waals surface area contributed by atoms with Crippen LogP contribution < -0.4 is 5.32 Å². The van der Waals surface area contributed by atoms with Crippen LogP contribution in [-0.2, 0) is 16.1 Å². The Morgan fingerprint density at radius 3 is 2.52 bits per heavy atom. The van der Waals surface area contributed by atoms with Gasteiger partial charge >= 0.3 is 6.03 Å². The number of hydrogen-bond donors (Lipinski definition) is 1. The molecule has 0 aromatic heterocycles. The van der Waals surface area contributed by atoms with E-state index in [9.17, 15) is 14.4 Å². The highest BCUT2D eigenvalue weighted by Gasteiger charge is 2.38. The van der Waals surface area contributed by atoms with Crippen LogP contribution in [0.1, 0.15) is 31.2 Å². The topological polar surface area (TPSA) is 69.7 Å². The number of carbonyl (C=O) groups is 3. The van der Waals surface area contributed by atoms with Crippen molar-refractivity contribution in [3.63, 3.8) is 0 Å². The summed E-state index contributed by atoms with van der Waals surface area (Å²) in [7, 11) is 0. The predicted octanol–water partition coefficient (Wildman–Crippen LogP) is 1.51. The predicted molar refractivity (Wildman–Crippen MR) is 84.4 cm³/mol. The summed E-state index contributed by atoms with van der Waals surface area (Å²) in [6, 6.07) is 8.44. The van der Waals surface area contributed by atoms with Crippen molar-refractivity contribution in [2.45, 2.75) is 38.3 Å². The van der Waals surface area contributed by atoms with Crippen molar-refractivity contribution >= 4 is 17.8 Å². The number of carbonyl (C=O) groups excluding carboxylic acids is 3. The molecule has 0 saturated carbocycles. The van der Waals surface area contributed by atoms with E-state index in [2.05, 4.69) is 5.32 Å². The van der Waals surface area contributed by atoms with Gasteiger partial charge in [0.25, 0.3) is 5.91 Å². The molecule has 23 heavy (non-hydrogen) atoms. The molecule has 1 N–H and O–H groups in total. The lowest BCUT2D eigenvalue weighted by molar-refractivity contribution is -0.131. The number of hydrogen-bond acceptors (Lipinski definition) is 3. The van der Waals surface area contributed by atoms with Gasteiger partial charge in [-0.25, -0.2) is 4.79 Å². The zero-order valence-electron chi connectivity index (χ0n) is 13.0. The van der Waals surface area contributed by atoms with E-state index >= 15 is 0 Å². The first-order valence-electron chi connectivity index (χ1n) is 8.09. The lowest BCUT2D eigenvalue weighted by Gasteiger charge is -2.16. The van der Waals surface area contributed by atoms with Gasteiger partial charge in [0, 0.05) is 19.5 Å². The highest BCUT2D eigenvalue weighted by Crippen LogP contribution is 2.16. The second kappa shape index (κ2) is 6.81. The number of urea groups is 1. The molecule has 0 radical (unpaired) electrons. The zero-order valence-corrected chi connectivity index (χ0v) is 13.0. The third-order valence-electron chi connectivity index (χ3n) is 4.40. The van der Waals surface area contributed by atoms with E-state index in [4.69, 9.17) is 0 Å². The van der Waals surface area contributed by atoms with Gasteiger partial charge in [0.05, 0.1) is 6.54 Å². The van der Waals surface area contributed by atoms with Crippen molar-refractivity contribution < 1.29 is 14.4 Å². The van der Waals surface area contributed by atoms with Crippen LogP contribution >= 0.6 is 0 Å². The Morgan fingerprint density at radius 2 is 1.83 bits per heavy atom. The van der Waals surface area contributed by atoms with Gasteiger partial charge < -0.3 is 10.2 Å². The molecule has 2 fully saturated rings. The summed E-state index contributed by atoms with van der Waals surface area (Å²) in [4.78, 5) is 39.5. The van der Waals surface area contributed by atoms with E-state index < -0.39 is 6.04 Å². The Hall–Kier alpha value is -2.37. The molecule has 6 nitrogen and oxygen atoms in total. The Kier molecular flexibility index (Phi) is 4.60. The highest BCUT2D eigenvalue weighted by molar-refractivity contribution is 6.04. The number of amides is 4. The first-order chi connectivity index (χ1) is 11.1. The number of nitrogens with zero attached hydrogens (tertiary/aromatic N) is 2. The van der Waals surface area contributed by atoms with Crippen LogP contribution in [0.15, 0.2) is 30.3 Å².